The van der Waals surface area contributed by atoms with Crippen molar-refractivity contribution < 1.29 is 14.3 Å². The van der Waals surface area contributed by atoms with Gasteiger partial charge in [0, 0.05) is 5.56 Å². The van der Waals surface area contributed by atoms with Crippen LogP contribution >= 0.6 is 23.2 Å². The number of hydrogen-bond acceptors (Lipinski definition) is 3. The van der Waals surface area contributed by atoms with Gasteiger partial charge in [0.25, 0.3) is 5.91 Å². The van der Waals surface area contributed by atoms with Crippen LogP contribution in [-0.2, 0) is 0 Å². The maximum Gasteiger partial charge on any atom is 0.255 e. The van der Waals surface area contributed by atoms with Crippen LogP contribution in [-0.4, -0.2) is 19.1 Å². The number of hydrogen-bond donors (Lipinski definition) is 1. The highest BCUT2D eigenvalue weighted by Crippen LogP contribution is 2.33. The maximum atomic E-state index is 12.6. The monoisotopic (exact) mass is 393 g/mol. The Labute approximate surface area is 163 Å². The lowest BCUT2D eigenvalue weighted by atomic mass is 9.98. The first-order valence-electron chi connectivity index (χ1n) is 8.68. The van der Waals surface area contributed by atoms with Gasteiger partial charge >= 0.3 is 0 Å². The van der Waals surface area contributed by atoms with Gasteiger partial charge in [-0.15, -0.1) is 0 Å². The molecular formula is C20H21Cl2NO3. The maximum absolute atomic E-state index is 12.6. The van der Waals surface area contributed by atoms with Crippen molar-refractivity contribution in [2.45, 2.75) is 38.2 Å². The first-order valence-corrected chi connectivity index (χ1v) is 9.44. The number of ether oxygens (including phenoxy) is 2. The van der Waals surface area contributed by atoms with Gasteiger partial charge in [-0.05, 0) is 56.0 Å². The molecule has 2 aromatic rings. The predicted molar refractivity (Wildman–Crippen MR) is 105 cm³/mol. The zero-order valence-electron chi connectivity index (χ0n) is 14.6. The smallest absolute Gasteiger partial charge is 0.255 e. The average molecular weight is 394 g/mol. The number of rotatable bonds is 5. The molecule has 1 amide bonds. The molecule has 6 heteroatoms. The number of nitrogens with one attached hydrogen (secondary N) is 1. The molecule has 1 N–H and O–H groups in total. The molecule has 1 aliphatic rings. The lowest BCUT2D eigenvalue weighted by Gasteiger charge is -2.24. The van der Waals surface area contributed by atoms with Crippen molar-refractivity contribution in [2.24, 2.45) is 0 Å². The summed E-state index contributed by atoms with van der Waals surface area (Å²) < 4.78 is 11.5. The van der Waals surface area contributed by atoms with Crippen LogP contribution in [0, 0.1) is 0 Å². The van der Waals surface area contributed by atoms with E-state index in [-0.39, 0.29) is 12.0 Å². The SMILES string of the molecule is COc1ccc(C(=O)Nc2c(Cl)cccc2Cl)cc1OC1CCCCC1. The third-order valence-corrected chi connectivity index (χ3v) is 5.10. The Morgan fingerprint density at radius 1 is 1.04 bits per heavy atom. The van der Waals surface area contributed by atoms with Crippen molar-refractivity contribution in [1.29, 1.82) is 0 Å². The topological polar surface area (TPSA) is 47.6 Å². The minimum Gasteiger partial charge on any atom is -0.493 e. The van der Waals surface area contributed by atoms with E-state index in [1.54, 1.807) is 43.5 Å². The molecule has 0 saturated heterocycles. The summed E-state index contributed by atoms with van der Waals surface area (Å²) in [6.07, 6.45) is 5.78. The summed E-state index contributed by atoms with van der Waals surface area (Å²) in [4.78, 5) is 12.6. The van der Waals surface area contributed by atoms with Gasteiger partial charge in [-0.2, -0.15) is 0 Å². The van der Waals surface area contributed by atoms with Crippen LogP contribution in [0.2, 0.25) is 10.0 Å². The molecule has 1 saturated carbocycles. The summed E-state index contributed by atoms with van der Waals surface area (Å²) in [6.45, 7) is 0. The summed E-state index contributed by atoms with van der Waals surface area (Å²) in [5.74, 6) is 0.886. The number of carbonyl (C=O) groups excluding carboxylic acids is 1. The summed E-state index contributed by atoms with van der Waals surface area (Å²) in [5.41, 5.74) is 0.846. The van der Waals surface area contributed by atoms with Crippen LogP contribution in [0.15, 0.2) is 36.4 Å². The molecule has 0 aromatic heterocycles. The summed E-state index contributed by atoms with van der Waals surface area (Å²) in [5, 5.41) is 3.54. The number of para-hydroxylation sites is 1. The Kier molecular flexibility index (Phi) is 6.28. The highest BCUT2D eigenvalue weighted by molar-refractivity contribution is 6.40. The van der Waals surface area contributed by atoms with Crippen LogP contribution in [0.5, 0.6) is 11.5 Å². The van der Waals surface area contributed by atoms with Gasteiger partial charge in [0.15, 0.2) is 11.5 Å². The molecule has 1 fully saturated rings. The van der Waals surface area contributed by atoms with Crippen molar-refractivity contribution in [2.75, 3.05) is 12.4 Å². The fourth-order valence-electron chi connectivity index (χ4n) is 3.08. The zero-order valence-corrected chi connectivity index (χ0v) is 16.1. The second kappa shape index (κ2) is 8.65. The van der Waals surface area contributed by atoms with E-state index in [9.17, 15) is 4.79 Å². The van der Waals surface area contributed by atoms with E-state index in [0.29, 0.717) is 32.8 Å². The molecular weight excluding hydrogens is 373 g/mol. The van der Waals surface area contributed by atoms with Crippen molar-refractivity contribution in [3.63, 3.8) is 0 Å². The Bertz CT molecular complexity index is 768. The van der Waals surface area contributed by atoms with E-state index in [1.807, 2.05) is 0 Å². The molecule has 26 heavy (non-hydrogen) atoms. The van der Waals surface area contributed by atoms with Gasteiger partial charge in [-0.25, -0.2) is 0 Å². The summed E-state index contributed by atoms with van der Waals surface area (Å²) in [6, 6.07) is 10.2. The van der Waals surface area contributed by atoms with Crippen LogP contribution in [0.1, 0.15) is 42.5 Å². The molecule has 0 spiro atoms. The van der Waals surface area contributed by atoms with E-state index in [0.717, 1.165) is 25.7 Å². The first kappa shape index (κ1) is 18.9. The number of halogens is 2. The Hall–Kier alpha value is -1.91. The van der Waals surface area contributed by atoms with Crippen LogP contribution < -0.4 is 14.8 Å². The van der Waals surface area contributed by atoms with E-state index in [2.05, 4.69) is 5.32 Å². The van der Waals surface area contributed by atoms with E-state index < -0.39 is 0 Å². The minimum absolute atomic E-state index is 0.161. The van der Waals surface area contributed by atoms with Gasteiger partial charge in [0.2, 0.25) is 0 Å². The molecule has 0 unspecified atom stereocenters. The largest absolute Gasteiger partial charge is 0.493 e. The van der Waals surface area contributed by atoms with Crippen LogP contribution in [0.3, 0.4) is 0 Å². The van der Waals surface area contributed by atoms with Gasteiger partial charge in [-0.1, -0.05) is 35.7 Å². The number of carbonyl (C=O) groups is 1. The molecule has 0 heterocycles. The lowest BCUT2D eigenvalue weighted by molar-refractivity contribution is 0.102. The van der Waals surface area contributed by atoms with E-state index >= 15 is 0 Å². The molecule has 138 valence electrons. The van der Waals surface area contributed by atoms with Gasteiger partial charge < -0.3 is 14.8 Å². The van der Waals surface area contributed by atoms with E-state index in [1.165, 1.54) is 6.42 Å². The molecule has 0 atom stereocenters. The normalized spacial score (nSPS) is 14.7. The number of methoxy groups -OCH3 is 1. The molecule has 1 aliphatic carbocycles. The minimum atomic E-state index is -0.309. The summed E-state index contributed by atoms with van der Waals surface area (Å²) >= 11 is 12.2. The van der Waals surface area contributed by atoms with E-state index in [4.69, 9.17) is 32.7 Å². The summed E-state index contributed by atoms with van der Waals surface area (Å²) in [7, 11) is 1.59. The molecule has 0 aliphatic heterocycles. The lowest BCUT2D eigenvalue weighted by Crippen LogP contribution is -2.20. The Morgan fingerprint density at radius 2 is 1.73 bits per heavy atom. The predicted octanol–water partition coefficient (Wildman–Crippen LogP) is 5.97. The number of benzene rings is 2. The second-order valence-corrected chi connectivity index (χ2v) is 7.11. The zero-order chi connectivity index (χ0) is 18.5. The van der Waals surface area contributed by atoms with Crippen LogP contribution in [0.4, 0.5) is 5.69 Å². The highest BCUT2D eigenvalue weighted by atomic mass is 35.5. The fourth-order valence-corrected chi connectivity index (χ4v) is 3.57. The fraction of sp³-hybridized carbons (Fsp3) is 0.350. The molecule has 4 nitrogen and oxygen atoms in total. The first-order chi connectivity index (χ1) is 12.6. The van der Waals surface area contributed by atoms with Crippen molar-refractivity contribution in [3.05, 3.63) is 52.0 Å². The standard InChI is InChI=1S/C20H21Cl2NO3/c1-25-17-11-10-13(12-18(17)26-14-6-3-2-4-7-14)20(24)23-19-15(21)8-5-9-16(19)22/h5,8-12,14H,2-4,6-7H2,1H3,(H,23,24). The molecule has 2 aromatic carbocycles. The van der Waals surface area contributed by atoms with Crippen molar-refractivity contribution in [1.82, 2.24) is 0 Å². The van der Waals surface area contributed by atoms with Crippen LogP contribution in [0.25, 0.3) is 0 Å². The third kappa shape index (κ3) is 4.43. The third-order valence-electron chi connectivity index (χ3n) is 4.47. The van der Waals surface area contributed by atoms with Gasteiger partial charge in [-0.3, -0.25) is 4.79 Å². The average Bonchev–Trinajstić information content (AvgIpc) is 2.65. The molecule has 0 radical (unpaired) electrons. The van der Waals surface area contributed by atoms with Gasteiger partial charge in [0.1, 0.15) is 0 Å². The Morgan fingerprint density at radius 3 is 2.38 bits per heavy atom. The number of anilines is 1. The quantitative estimate of drug-likeness (QED) is 0.680. The van der Waals surface area contributed by atoms with Crippen molar-refractivity contribution in [3.8, 4) is 11.5 Å². The highest BCUT2D eigenvalue weighted by Gasteiger charge is 2.19. The molecule has 3 rings (SSSR count). The van der Waals surface area contributed by atoms with Gasteiger partial charge in [0.05, 0.1) is 28.9 Å². The second-order valence-electron chi connectivity index (χ2n) is 6.29. The molecule has 0 bridgehead atoms. The Balaban J connectivity index is 1.80. The number of amides is 1. The van der Waals surface area contributed by atoms with Crippen molar-refractivity contribution >= 4 is 34.8 Å².